The van der Waals surface area contributed by atoms with Crippen molar-refractivity contribution in [1.82, 2.24) is 15.5 Å². The summed E-state index contributed by atoms with van der Waals surface area (Å²) in [6, 6.07) is 8.88. The number of hydrogen-bond donors (Lipinski definition) is 2. The zero-order valence-electron chi connectivity index (χ0n) is 15.3. The summed E-state index contributed by atoms with van der Waals surface area (Å²) in [6.45, 7) is 1.93. The standard InChI is InChI=1S/C20H23N3O4/c1-13(16-12-14-6-2-3-7-15(14)27-16)21-17(24)8-11-23-18(25)20(22-19(23)26)9-4-5-10-20/h2-3,6-7,12-13H,4-5,8-11H2,1H3,(H,21,24)(H,22,26)/t13-/m1/s1. The van der Waals surface area contributed by atoms with Crippen molar-refractivity contribution >= 4 is 28.8 Å². The lowest BCUT2D eigenvalue weighted by Gasteiger charge is -2.20. The van der Waals surface area contributed by atoms with Crippen LogP contribution in [0.5, 0.6) is 0 Å². The van der Waals surface area contributed by atoms with Crippen LogP contribution in [0.4, 0.5) is 4.79 Å². The molecular formula is C20H23N3O4. The number of carbonyl (C=O) groups excluding carboxylic acids is 3. The van der Waals surface area contributed by atoms with Crippen LogP contribution < -0.4 is 10.6 Å². The number of amides is 4. The van der Waals surface area contributed by atoms with Gasteiger partial charge in [-0.3, -0.25) is 14.5 Å². The molecule has 1 aromatic carbocycles. The van der Waals surface area contributed by atoms with Gasteiger partial charge in [-0.25, -0.2) is 4.79 Å². The highest BCUT2D eigenvalue weighted by Crippen LogP contribution is 2.35. The van der Waals surface area contributed by atoms with Gasteiger partial charge in [-0.2, -0.15) is 0 Å². The Hall–Kier alpha value is -2.83. The van der Waals surface area contributed by atoms with Crippen LogP contribution >= 0.6 is 0 Å². The molecule has 1 saturated carbocycles. The second-order valence-corrected chi connectivity index (χ2v) is 7.40. The van der Waals surface area contributed by atoms with Crippen molar-refractivity contribution in [2.75, 3.05) is 6.54 Å². The smallest absolute Gasteiger partial charge is 0.325 e. The molecule has 0 bridgehead atoms. The Morgan fingerprint density at radius 2 is 2.04 bits per heavy atom. The minimum Gasteiger partial charge on any atom is -0.459 e. The van der Waals surface area contributed by atoms with E-state index in [1.165, 1.54) is 4.90 Å². The predicted octanol–water partition coefficient (Wildman–Crippen LogP) is 2.86. The number of carbonyl (C=O) groups is 3. The molecule has 1 aliphatic carbocycles. The van der Waals surface area contributed by atoms with E-state index in [-0.39, 0.29) is 36.9 Å². The molecule has 1 aliphatic heterocycles. The van der Waals surface area contributed by atoms with Crippen LogP contribution in [-0.2, 0) is 9.59 Å². The van der Waals surface area contributed by atoms with E-state index in [0.717, 1.165) is 23.8 Å². The van der Waals surface area contributed by atoms with Crippen LogP contribution in [0.2, 0.25) is 0 Å². The molecule has 1 atom stereocenters. The molecule has 1 aromatic heterocycles. The van der Waals surface area contributed by atoms with E-state index in [2.05, 4.69) is 10.6 Å². The highest BCUT2D eigenvalue weighted by atomic mass is 16.3. The fourth-order valence-corrected chi connectivity index (χ4v) is 4.01. The van der Waals surface area contributed by atoms with Gasteiger partial charge in [-0.05, 0) is 31.9 Å². The van der Waals surface area contributed by atoms with Gasteiger partial charge in [0.25, 0.3) is 5.91 Å². The average Bonchev–Trinajstić information content (AvgIpc) is 3.33. The van der Waals surface area contributed by atoms with Crippen LogP contribution in [0.1, 0.15) is 50.8 Å². The zero-order chi connectivity index (χ0) is 19.0. The maximum absolute atomic E-state index is 12.6. The Labute approximate surface area is 157 Å². The Morgan fingerprint density at radius 1 is 1.30 bits per heavy atom. The quantitative estimate of drug-likeness (QED) is 0.793. The first-order chi connectivity index (χ1) is 13.0. The summed E-state index contributed by atoms with van der Waals surface area (Å²) < 4.78 is 5.76. The van der Waals surface area contributed by atoms with Gasteiger partial charge in [-0.15, -0.1) is 0 Å². The van der Waals surface area contributed by atoms with Gasteiger partial charge in [0.15, 0.2) is 0 Å². The van der Waals surface area contributed by atoms with Crippen LogP contribution in [-0.4, -0.2) is 34.8 Å². The molecule has 27 heavy (non-hydrogen) atoms. The number of imide groups is 1. The van der Waals surface area contributed by atoms with E-state index in [1.54, 1.807) is 0 Å². The van der Waals surface area contributed by atoms with Crippen molar-refractivity contribution in [3.05, 3.63) is 36.1 Å². The summed E-state index contributed by atoms with van der Waals surface area (Å²) in [5, 5.41) is 6.68. The molecule has 1 saturated heterocycles. The van der Waals surface area contributed by atoms with Crippen LogP contribution in [0.3, 0.4) is 0 Å². The maximum Gasteiger partial charge on any atom is 0.325 e. The van der Waals surface area contributed by atoms with Crippen molar-refractivity contribution in [3.8, 4) is 0 Å². The molecule has 7 heteroatoms. The fourth-order valence-electron chi connectivity index (χ4n) is 4.01. The van der Waals surface area contributed by atoms with E-state index >= 15 is 0 Å². The van der Waals surface area contributed by atoms with Crippen molar-refractivity contribution in [1.29, 1.82) is 0 Å². The Balaban J connectivity index is 1.34. The van der Waals surface area contributed by atoms with E-state index in [9.17, 15) is 14.4 Å². The summed E-state index contributed by atoms with van der Waals surface area (Å²) in [5.41, 5.74) is 0.0459. The largest absolute Gasteiger partial charge is 0.459 e. The highest BCUT2D eigenvalue weighted by Gasteiger charge is 2.52. The SMILES string of the molecule is C[C@@H](NC(=O)CCN1C(=O)NC2(CCCC2)C1=O)c1cc2ccccc2o1. The number of fused-ring (bicyclic) bond motifs is 1. The number of nitrogens with one attached hydrogen (secondary N) is 2. The average molecular weight is 369 g/mol. The molecule has 4 rings (SSSR count). The number of nitrogens with zero attached hydrogens (tertiary/aromatic N) is 1. The van der Waals surface area contributed by atoms with Gasteiger partial charge in [0.05, 0.1) is 6.04 Å². The molecule has 0 radical (unpaired) electrons. The lowest BCUT2D eigenvalue weighted by atomic mass is 9.98. The molecule has 0 unspecified atom stereocenters. The number of furan rings is 1. The van der Waals surface area contributed by atoms with Crippen molar-refractivity contribution in [3.63, 3.8) is 0 Å². The Bertz CT molecular complexity index is 865. The molecule has 7 nitrogen and oxygen atoms in total. The fraction of sp³-hybridized carbons (Fsp3) is 0.450. The summed E-state index contributed by atoms with van der Waals surface area (Å²) in [7, 11) is 0. The third kappa shape index (κ3) is 3.18. The summed E-state index contributed by atoms with van der Waals surface area (Å²) in [4.78, 5) is 38.2. The molecule has 2 aliphatic rings. The maximum atomic E-state index is 12.6. The molecule has 2 heterocycles. The topological polar surface area (TPSA) is 91.7 Å². The highest BCUT2D eigenvalue weighted by molar-refractivity contribution is 6.07. The van der Waals surface area contributed by atoms with Gasteiger partial charge in [0.2, 0.25) is 5.91 Å². The van der Waals surface area contributed by atoms with Gasteiger partial charge >= 0.3 is 6.03 Å². The zero-order valence-corrected chi connectivity index (χ0v) is 15.3. The molecular weight excluding hydrogens is 346 g/mol. The molecule has 142 valence electrons. The minimum atomic E-state index is -0.727. The van der Waals surface area contributed by atoms with Gasteiger partial charge in [0, 0.05) is 18.4 Å². The number of rotatable bonds is 5. The lowest BCUT2D eigenvalue weighted by Crippen LogP contribution is -2.44. The first-order valence-electron chi connectivity index (χ1n) is 9.40. The monoisotopic (exact) mass is 369 g/mol. The summed E-state index contributed by atoms with van der Waals surface area (Å²) in [6.07, 6.45) is 3.32. The lowest BCUT2D eigenvalue weighted by molar-refractivity contribution is -0.131. The molecule has 2 fully saturated rings. The van der Waals surface area contributed by atoms with Crippen LogP contribution in [0.15, 0.2) is 34.7 Å². The van der Waals surface area contributed by atoms with E-state index in [4.69, 9.17) is 4.42 Å². The first kappa shape index (κ1) is 17.6. The molecule has 4 amide bonds. The number of para-hydroxylation sites is 1. The van der Waals surface area contributed by atoms with Crippen molar-refractivity contribution < 1.29 is 18.8 Å². The van der Waals surface area contributed by atoms with Crippen LogP contribution in [0.25, 0.3) is 11.0 Å². The third-order valence-electron chi connectivity index (χ3n) is 5.51. The number of hydrogen-bond acceptors (Lipinski definition) is 4. The van der Waals surface area contributed by atoms with Crippen molar-refractivity contribution in [2.24, 2.45) is 0 Å². The van der Waals surface area contributed by atoms with E-state index in [0.29, 0.717) is 18.6 Å². The molecule has 2 N–H and O–H groups in total. The Kier molecular flexibility index (Phi) is 4.37. The van der Waals surface area contributed by atoms with Crippen LogP contribution in [0, 0.1) is 0 Å². The van der Waals surface area contributed by atoms with Gasteiger partial charge in [-0.1, -0.05) is 31.0 Å². The van der Waals surface area contributed by atoms with E-state index in [1.807, 2.05) is 37.3 Å². The second kappa shape index (κ2) is 6.72. The predicted molar refractivity (Wildman–Crippen MR) is 98.8 cm³/mol. The van der Waals surface area contributed by atoms with Crippen molar-refractivity contribution in [2.45, 2.75) is 50.6 Å². The van der Waals surface area contributed by atoms with Gasteiger partial charge < -0.3 is 15.1 Å². The van der Waals surface area contributed by atoms with Gasteiger partial charge in [0.1, 0.15) is 16.9 Å². The Morgan fingerprint density at radius 3 is 2.78 bits per heavy atom. The summed E-state index contributed by atoms with van der Waals surface area (Å²) in [5.74, 6) is 0.253. The molecule has 1 spiro atoms. The summed E-state index contributed by atoms with van der Waals surface area (Å²) >= 11 is 0. The normalized spacial score (nSPS) is 19.7. The molecule has 2 aromatic rings. The first-order valence-corrected chi connectivity index (χ1v) is 9.40. The number of benzene rings is 1. The number of urea groups is 1. The third-order valence-corrected chi connectivity index (χ3v) is 5.51. The van der Waals surface area contributed by atoms with E-state index < -0.39 is 5.54 Å². The minimum absolute atomic E-state index is 0.0693. The second-order valence-electron chi connectivity index (χ2n) is 7.40.